The summed E-state index contributed by atoms with van der Waals surface area (Å²) in [5, 5.41) is 21.5. The van der Waals surface area contributed by atoms with Gasteiger partial charge in [-0.05, 0) is 47.1 Å². The molecule has 1 fully saturated rings. The lowest BCUT2D eigenvalue weighted by atomic mass is 10.2. The number of aliphatic carboxylic acids is 1. The van der Waals surface area contributed by atoms with Crippen molar-refractivity contribution in [3.63, 3.8) is 0 Å². The summed E-state index contributed by atoms with van der Waals surface area (Å²) < 4.78 is 0. The smallest absolute Gasteiger partial charge is 0.325 e. The van der Waals surface area contributed by atoms with Gasteiger partial charge < -0.3 is 31.7 Å². The van der Waals surface area contributed by atoms with E-state index in [0.717, 1.165) is 13.0 Å². The topological polar surface area (TPSA) is 166 Å². The summed E-state index contributed by atoms with van der Waals surface area (Å²) in [5.74, 6) is -3.28. The quantitative estimate of drug-likeness (QED) is 0.257. The number of carboxylic acid groups (broad SMARTS) is 1. The molecule has 5 atom stereocenters. The summed E-state index contributed by atoms with van der Waals surface area (Å²) in [6.07, 6.45) is 1.60. The normalized spacial score (nSPS) is 20.2. The van der Waals surface area contributed by atoms with Crippen LogP contribution in [0.3, 0.4) is 0 Å². The van der Waals surface area contributed by atoms with Gasteiger partial charge in [0.05, 0.1) is 6.04 Å². The fraction of sp³-hybridized carbons (Fsp3) is 0.706. The van der Waals surface area contributed by atoms with Crippen LogP contribution in [0, 0.1) is 0 Å². The predicted molar refractivity (Wildman–Crippen MR) is 99.1 cm³/mol. The van der Waals surface area contributed by atoms with E-state index in [1.807, 2.05) is 0 Å². The summed E-state index contributed by atoms with van der Waals surface area (Å²) in [5.41, 5.74) is 0. The Bertz CT molecular complexity index is 619. The van der Waals surface area contributed by atoms with Crippen LogP contribution in [-0.2, 0) is 24.0 Å². The number of hydrogen-bond acceptors (Lipinski definition) is 6. The van der Waals surface area contributed by atoms with Gasteiger partial charge in [-0.2, -0.15) is 0 Å². The molecule has 0 aromatic heterocycles. The van der Waals surface area contributed by atoms with Gasteiger partial charge in [0.2, 0.25) is 23.6 Å². The van der Waals surface area contributed by atoms with E-state index in [1.54, 1.807) is 0 Å². The molecule has 1 rings (SSSR count). The zero-order valence-corrected chi connectivity index (χ0v) is 16.5. The van der Waals surface area contributed by atoms with Crippen LogP contribution in [0.15, 0.2) is 0 Å². The fourth-order valence-corrected chi connectivity index (χ4v) is 2.50. The van der Waals surface area contributed by atoms with E-state index in [9.17, 15) is 24.0 Å². The van der Waals surface area contributed by atoms with Gasteiger partial charge in [0.1, 0.15) is 24.2 Å². The second-order valence-electron chi connectivity index (χ2n) is 6.91. The van der Waals surface area contributed by atoms with Crippen molar-refractivity contribution in [3.8, 4) is 0 Å². The Morgan fingerprint density at radius 3 is 1.61 bits per heavy atom. The molecule has 6 N–H and O–H groups in total. The van der Waals surface area contributed by atoms with Gasteiger partial charge in [-0.3, -0.25) is 24.0 Å². The van der Waals surface area contributed by atoms with Crippen LogP contribution >= 0.6 is 0 Å². The molecule has 1 aliphatic heterocycles. The average Bonchev–Trinajstić information content (AvgIpc) is 3.15. The third-order valence-corrected chi connectivity index (χ3v) is 4.36. The molecule has 0 aromatic rings. The largest absolute Gasteiger partial charge is 0.480 e. The van der Waals surface area contributed by atoms with Gasteiger partial charge in [0, 0.05) is 0 Å². The Hall–Kier alpha value is -2.69. The highest BCUT2D eigenvalue weighted by atomic mass is 16.4. The van der Waals surface area contributed by atoms with Crippen molar-refractivity contribution in [2.24, 2.45) is 0 Å². The standard InChI is InChI=1S/C17H29N5O6/c1-8(13(23)20-9(2)15(25)22-11(4)17(27)28)19-14(24)10(3)21-16(26)12-6-5-7-18-12/h8-12,18H,5-7H2,1-4H3,(H,19,24)(H,20,23)(H,21,26)(H,22,25)(H,27,28)/t8-,9-,10-,11-,12+/m0/s1. The maximum atomic E-state index is 12.2. The average molecular weight is 399 g/mol. The molecular weight excluding hydrogens is 370 g/mol. The molecule has 0 aromatic carbocycles. The SMILES string of the molecule is C[C@H](NC(=O)[C@H](C)NC(=O)[C@H](C)NC(=O)[C@H](C)NC(=O)[C@H]1CCCN1)C(=O)O. The van der Waals surface area contributed by atoms with Crippen molar-refractivity contribution in [1.82, 2.24) is 26.6 Å². The van der Waals surface area contributed by atoms with E-state index in [1.165, 1.54) is 27.7 Å². The second-order valence-corrected chi connectivity index (χ2v) is 6.91. The second kappa shape index (κ2) is 10.6. The first-order valence-corrected chi connectivity index (χ1v) is 9.20. The van der Waals surface area contributed by atoms with Crippen LogP contribution in [0.4, 0.5) is 0 Å². The number of carboxylic acids is 1. The number of hydrogen-bond donors (Lipinski definition) is 6. The highest BCUT2D eigenvalue weighted by Crippen LogP contribution is 2.05. The van der Waals surface area contributed by atoms with E-state index in [-0.39, 0.29) is 11.9 Å². The van der Waals surface area contributed by atoms with Crippen molar-refractivity contribution in [2.45, 2.75) is 70.7 Å². The van der Waals surface area contributed by atoms with Crippen molar-refractivity contribution < 1.29 is 29.1 Å². The van der Waals surface area contributed by atoms with Crippen LogP contribution in [0.1, 0.15) is 40.5 Å². The third kappa shape index (κ3) is 7.14. The molecule has 0 radical (unpaired) electrons. The molecule has 4 amide bonds. The molecule has 1 heterocycles. The molecule has 0 aliphatic carbocycles. The minimum atomic E-state index is -1.20. The maximum absolute atomic E-state index is 12.2. The van der Waals surface area contributed by atoms with Gasteiger partial charge in [0.25, 0.3) is 0 Å². The molecule has 1 aliphatic rings. The zero-order chi connectivity index (χ0) is 21.4. The van der Waals surface area contributed by atoms with E-state index in [4.69, 9.17) is 5.11 Å². The Morgan fingerprint density at radius 2 is 1.21 bits per heavy atom. The molecule has 0 spiro atoms. The first-order chi connectivity index (χ1) is 13.0. The van der Waals surface area contributed by atoms with Crippen molar-refractivity contribution >= 4 is 29.6 Å². The van der Waals surface area contributed by atoms with Crippen LogP contribution in [0.5, 0.6) is 0 Å². The van der Waals surface area contributed by atoms with E-state index < -0.39 is 47.9 Å². The van der Waals surface area contributed by atoms with Gasteiger partial charge in [-0.15, -0.1) is 0 Å². The lowest BCUT2D eigenvalue weighted by Gasteiger charge is -2.21. The van der Waals surface area contributed by atoms with Crippen LogP contribution in [-0.4, -0.2) is 71.5 Å². The molecule has 158 valence electrons. The first kappa shape index (κ1) is 23.3. The minimum Gasteiger partial charge on any atom is -0.480 e. The highest BCUT2D eigenvalue weighted by Gasteiger charge is 2.27. The molecule has 1 saturated heterocycles. The summed E-state index contributed by atoms with van der Waals surface area (Å²) in [4.78, 5) is 59.0. The Balaban J connectivity index is 2.44. The van der Waals surface area contributed by atoms with Gasteiger partial charge in [-0.25, -0.2) is 0 Å². The van der Waals surface area contributed by atoms with Crippen molar-refractivity contribution in [3.05, 3.63) is 0 Å². The van der Waals surface area contributed by atoms with Crippen molar-refractivity contribution in [2.75, 3.05) is 6.54 Å². The Morgan fingerprint density at radius 1 is 0.786 bits per heavy atom. The summed E-state index contributed by atoms with van der Waals surface area (Å²) in [7, 11) is 0. The maximum Gasteiger partial charge on any atom is 0.325 e. The van der Waals surface area contributed by atoms with E-state index in [0.29, 0.717) is 6.42 Å². The van der Waals surface area contributed by atoms with Crippen LogP contribution < -0.4 is 26.6 Å². The molecule has 0 unspecified atom stereocenters. The third-order valence-electron chi connectivity index (χ3n) is 4.36. The predicted octanol–water partition coefficient (Wildman–Crippen LogP) is -2.16. The monoisotopic (exact) mass is 399 g/mol. The molecule has 0 bridgehead atoms. The Labute approximate surface area is 163 Å². The lowest BCUT2D eigenvalue weighted by molar-refractivity contribution is -0.141. The lowest BCUT2D eigenvalue weighted by Crippen LogP contribution is -2.56. The van der Waals surface area contributed by atoms with Crippen LogP contribution in [0.2, 0.25) is 0 Å². The molecule has 11 nitrogen and oxygen atoms in total. The van der Waals surface area contributed by atoms with Crippen LogP contribution in [0.25, 0.3) is 0 Å². The zero-order valence-electron chi connectivity index (χ0n) is 16.5. The van der Waals surface area contributed by atoms with Crippen molar-refractivity contribution in [1.29, 1.82) is 0 Å². The first-order valence-electron chi connectivity index (χ1n) is 9.20. The van der Waals surface area contributed by atoms with E-state index >= 15 is 0 Å². The van der Waals surface area contributed by atoms with E-state index in [2.05, 4.69) is 26.6 Å². The summed E-state index contributed by atoms with van der Waals surface area (Å²) in [6, 6.07) is -4.18. The number of carbonyl (C=O) groups excluding carboxylic acids is 4. The van der Waals surface area contributed by atoms with Gasteiger partial charge >= 0.3 is 5.97 Å². The molecule has 11 heteroatoms. The number of rotatable bonds is 9. The van der Waals surface area contributed by atoms with Gasteiger partial charge in [-0.1, -0.05) is 0 Å². The number of nitrogens with one attached hydrogen (secondary N) is 5. The summed E-state index contributed by atoms with van der Waals surface area (Å²) in [6.45, 7) is 6.40. The molecule has 0 saturated carbocycles. The van der Waals surface area contributed by atoms with Gasteiger partial charge in [0.15, 0.2) is 0 Å². The highest BCUT2D eigenvalue weighted by molar-refractivity contribution is 5.94. The molecule has 28 heavy (non-hydrogen) atoms. The summed E-state index contributed by atoms with van der Waals surface area (Å²) >= 11 is 0. The minimum absolute atomic E-state index is 0.268. The Kier molecular flexibility index (Phi) is 8.83. The molecular formula is C17H29N5O6. The number of carbonyl (C=O) groups is 5. The number of amides is 4. The fourth-order valence-electron chi connectivity index (χ4n) is 2.50.